The summed E-state index contributed by atoms with van der Waals surface area (Å²) in [6, 6.07) is 1.69. The highest BCUT2D eigenvalue weighted by molar-refractivity contribution is 5.75. The number of anilines is 1. The zero-order valence-electron chi connectivity index (χ0n) is 12.6. The highest BCUT2D eigenvalue weighted by atomic mass is 16.5. The molecule has 20 heavy (non-hydrogen) atoms. The molecule has 0 unspecified atom stereocenters. The Balaban J connectivity index is 2.85. The van der Waals surface area contributed by atoms with E-state index < -0.39 is 11.4 Å². The summed E-state index contributed by atoms with van der Waals surface area (Å²) in [7, 11) is 0. The Morgan fingerprint density at radius 1 is 1.35 bits per heavy atom. The molecular formula is C14H23N3O3. The van der Waals surface area contributed by atoms with Crippen molar-refractivity contribution in [2.45, 2.75) is 40.5 Å². The van der Waals surface area contributed by atoms with Gasteiger partial charge in [0.15, 0.2) is 0 Å². The normalized spacial score (nSPS) is 11.2. The molecule has 6 heteroatoms. The summed E-state index contributed by atoms with van der Waals surface area (Å²) >= 11 is 0. The second-order valence-corrected chi connectivity index (χ2v) is 4.72. The predicted molar refractivity (Wildman–Crippen MR) is 77.1 cm³/mol. The smallest absolute Gasteiger partial charge is 0.311 e. The Bertz CT molecular complexity index is 459. The van der Waals surface area contributed by atoms with Gasteiger partial charge in [0.1, 0.15) is 11.6 Å². The van der Waals surface area contributed by atoms with E-state index in [-0.39, 0.29) is 0 Å². The maximum Gasteiger partial charge on any atom is 0.311 e. The van der Waals surface area contributed by atoms with Crippen LogP contribution in [-0.4, -0.2) is 34.2 Å². The number of carbonyl (C=O) groups is 1. The molecule has 0 aliphatic rings. The van der Waals surface area contributed by atoms with Crippen LogP contribution in [0.5, 0.6) is 5.88 Å². The maximum absolute atomic E-state index is 11.4. The fraction of sp³-hybridized carbons (Fsp3) is 0.643. The number of hydrogen-bond acceptors (Lipinski definition) is 5. The van der Waals surface area contributed by atoms with Gasteiger partial charge in [0.2, 0.25) is 5.88 Å². The number of nitrogens with one attached hydrogen (secondary N) is 1. The quantitative estimate of drug-likeness (QED) is 0.761. The highest BCUT2D eigenvalue weighted by Crippen LogP contribution is 2.27. The van der Waals surface area contributed by atoms with Crippen LogP contribution in [0.2, 0.25) is 0 Å². The first-order valence-electron chi connectivity index (χ1n) is 6.93. The predicted octanol–water partition coefficient (Wildman–Crippen LogP) is 2.49. The number of aromatic nitrogens is 2. The number of nitrogens with zero attached hydrogens (tertiary/aromatic N) is 2. The SMILES string of the molecule is CCOc1cc(NCC(CC)(CC)C(=O)O)nc(C)n1. The van der Waals surface area contributed by atoms with Gasteiger partial charge in [0.25, 0.3) is 0 Å². The molecule has 0 bridgehead atoms. The lowest BCUT2D eigenvalue weighted by molar-refractivity contribution is -0.148. The summed E-state index contributed by atoms with van der Waals surface area (Å²) in [6.45, 7) is 8.29. The van der Waals surface area contributed by atoms with Gasteiger partial charge in [0, 0.05) is 12.6 Å². The van der Waals surface area contributed by atoms with E-state index in [1.165, 1.54) is 0 Å². The minimum atomic E-state index is -0.786. The topological polar surface area (TPSA) is 84.3 Å². The second-order valence-electron chi connectivity index (χ2n) is 4.72. The lowest BCUT2D eigenvalue weighted by Gasteiger charge is -2.27. The van der Waals surface area contributed by atoms with Crippen molar-refractivity contribution in [3.63, 3.8) is 0 Å². The second kappa shape index (κ2) is 7.07. The molecule has 0 radical (unpaired) electrons. The lowest BCUT2D eigenvalue weighted by atomic mass is 9.82. The van der Waals surface area contributed by atoms with Gasteiger partial charge in [-0.05, 0) is 26.7 Å². The van der Waals surface area contributed by atoms with Crippen molar-refractivity contribution < 1.29 is 14.6 Å². The number of aryl methyl sites for hydroxylation is 1. The Morgan fingerprint density at radius 2 is 2.00 bits per heavy atom. The van der Waals surface area contributed by atoms with Gasteiger partial charge in [-0.25, -0.2) is 4.98 Å². The number of carboxylic acid groups (broad SMARTS) is 1. The van der Waals surface area contributed by atoms with Gasteiger partial charge >= 0.3 is 5.97 Å². The van der Waals surface area contributed by atoms with Crippen LogP contribution in [0.1, 0.15) is 39.4 Å². The first-order chi connectivity index (χ1) is 9.47. The first-order valence-corrected chi connectivity index (χ1v) is 6.93. The van der Waals surface area contributed by atoms with Gasteiger partial charge in [0.05, 0.1) is 12.0 Å². The molecule has 0 fully saturated rings. The molecule has 0 spiro atoms. The van der Waals surface area contributed by atoms with E-state index in [1.807, 2.05) is 20.8 Å². The van der Waals surface area contributed by atoms with Crippen LogP contribution in [0.4, 0.5) is 5.82 Å². The first kappa shape index (κ1) is 16.2. The molecule has 1 heterocycles. The van der Waals surface area contributed by atoms with Gasteiger partial charge in [-0.3, -0.25) is 4.79 Å². The van der Waals surface area contributed by atoms with Crippen LogP contribution in [0, 0.1) is 12.3 Å². The third-order valence-electron chi connectivity index (χ3n) is 3.52. The monoisotopic (exact) mass is 281 g/mol. The molecule has 0 aliphatic carbocycles. The third kappa shape index (κ3) is 3.82. The van der Waals surface area contributed by atoms with E-state index in [4.69, 9.17) is 4.74 Å². The minimum absolute atomic E-state index is 0.331. The van der Waals surface area contributed by atoms with Crippen molar-refractivity contribution in [1.29, 1.82) is 0 Å². The van der Waals surface area contributed by atoms with Gasteiger partial charge in [-0.2, -0.15) is 4.98 Å². The fourth-order valence-corrected chi connectivity index (χ4v) is 1.99. The molecule has 0 aliphatic heterocycles. The molecule has 0 atom stereocenters. The molecule has 0 aromatic carbocycles. The van der Waals surface area contributed by atoms with Gasteiger partial charge in [-0.15, -0.1) is 0 Å². The minimum Gasteiger partial charge on any atom is -0.481 e. The summed E-state index contributed by atoms with van der Waals surface area (Å²) in [5, 5.41) is 12.5. The maximum atomic E-state index is 11.4. The summed E-state index contributed by atoms with van der Waals surface area (Å²) in [4.78, 5) is 19.8. The van der Waals surface area contributed by atoms with Crippen LogP contribution in [0.15, 0.2) is 6.07 Å². The average molecular weight is 281 g/mol. The van der Waals surface area contributed by atoms with E-state index >= 15 is 0 Å². The van der Waals surface area contributed by atoms with Crippen molar-refractivity contribution in [3.05, 3.63) is 11.9 Å². The van der Waals surface area contributed by atoms with Gasteiger partial charge in [-0.1, -0.05) is 13.8 Å². The number of rotatable bonds is 8. The van der Waals surface area contributed by atoms with Crippen molar-refractivity contribution >= 4 is 11.8 Å². The van der Waals surface area contributed by atoms with E-state index in [1.54, 1.807) is 13.0 Å². The Labute approximate surface area is 119 Å². The number of aliphatic carboxylic acids is 1. The lowest BCUT2D eigenvalue weighted by Crippen LogP contribution is -2.37. The average Bonchev–Trinajstić information content (AvgIpc) is 2.40. The van der Waals surface area contributed by atoms with E-state index in [0.29, 0.717) is 43.5 Å². The van der Waals surface area contributed by atoms with Gasteiger partial charge < -0.3 is 15.2 Å². The molecule has 0 saturated heterocycles. The largest absolute Gasteiger partial charge is 0.481 e. The number of hydrogen-bond donors (Lipinski definition) is 2. The number of carboxylic acids is 1. The van der Waals surface area contributed by atoms with E-state index in [0.717, 1.165) is 0 Å². The molecule has 1 rings (SSSR count). The summed E-state index contributed by atoms with van der Waals surface area (Å²) in [5.41, 5.74) is -0.773. The Hall–Kier alpha value is -1.85. The summed E-state index contributed by atoms with van der Waals surface area (Å²) in [6.07, 6.45) is 1.13. The zero-order chi connectivity index (χ0) is 15.2. The molecule has 1 aromatic rings. The molecule has 2 N–H and O–H groups in total. The molecule has 112 valence electrons. The van der Waals surface area contributed by atoms with Crippen molar-refractivity contribution in [1.82, 2.24) is 9.97 Å². The highest BCUT2D eigenvalue weighted by Gasteiger charge is 2.34. The molecule has 0 saturated carbocycles. The fourth-order valence-electron chi connectivity index (χ4n) is 1.99. The van der Waals surface area contributed by atoms with Crippen molar-refractivity contribution in [2.24, 2.45) is 5.41 Å². The molecule has 0 amide bonds. The van der Waals surface area contributed by atoms with Crippen LogP contribution < -0.4 is 10.1 Å². The molecule has 1 aromatic heterocycles. The number of ether oxygens (including phenoxy) is 1. The Morgan fingerprint density at radius 3 is 2.50 bits per heavy atom. The molecular weight excluding hydrogens is 258 g/mol. The van der Waals surface area contributed by atoms with E-state index in [9.17, 15) is 9.90 Å². The Kier molecular flexibility index (Phi) is 5.73. The standard InChI is InChI=1S/C14H23N3O3/c1-5-14(6-2,13(18)19)9-15-11-8-12(20-7-3)17-10(4)16-11/h8H,5-7,9H2,1-4H3,(H,18,19)(H,15,16,17). The molecule has 6 nitrogen and oxygen atoms in total. The van der Waals surface area contributed by atoms with Crippen LogP contribution >= 0.6 is 0 Å². The van der Waals surface area contributed by atoms with Crippen molar-refractivity contribution in [2.75, 3.05) is 18.5 Å². The third-order valence-corrected chi connectivity index (χ3v) is 3.52. The van der Waals surface area contributed by atoms with Crippen LogP contribution in [0.25, 0.3) is 0 Å². The zero-order valence-corrected chi connectivity index (χ0v) is 12.6. The van der Waals surface area contributed by atoms with Crippen LogP contribution in [-0.2, 0) is 4.79 Å². The van der Waals surface area contributed by atoms with E-state index in [2.05, 4.69) is 15.3 Å². The van der Waals surface area contributed by atoms with Crippen molar-refractivity contribution in [3.8, 4) is 5.88 Å². The summed E-state index contributed by atoms with van der Waals surface area (Å²) in [5.74, 6) is 0.892. The summed E-state index contributed by atoms with van der Waals surface area (Å²) < 4.78 is 5.35. The van der Waals surface area contributed by atoms with Crippen LogP contribution in [0.3, 0.4) is 0 Å².